The van der Waals surface area contributed by atoms with Crippen LogP contribution in [0.4, 0.5) is 0 Å². The molecule has 2 heteroatoms. The van der Waals surface area contributed by atoms with E-state index in [0.717, 1.165) is 0 Å². The van der Waals surface area contributed by atoms with E-state index >= 15 is 0 Å². The van der Waals surface area contributed by atoms with E-state index in [2.05, 4.69) is 28.7 Å². The van der Waals surface area contributed by atoms with Gasteiger partial charge in [0.15, 0.2) is 0 Å². The Morgan fingerprint density at radius 2 is 1.50 bits per heavy atom. The third kappa shape index (κ3) is 4.98. The van der Waals surface area contributed by atoms with Crippen LogP contribution in [0.2, 0.25) is 0 Å². The molecule has 0 atom stereocenters. The second-order valence-electron chi connectivity index (χ2n) is 1.83. The van der Waals surface area contributed by atoms with Gasteiger partial charge in [0.05, 0.1) is 9.33 Å². The van der Waals surface area contributed by atoms with Gasteiger partial charge < -0.3 is 0 Å². The van der Waals surface area contributed by atoms with Crippen molar-refractivity contribution in [3.05, 3.63) is 0 Å². The minimum atomic E-state index is 0.542. The second-order valence-corrected chi connectivity index (χ2v) is 6.24. The topological polar surface area (TPSA) is 0 Å². The highest BCUT2D eigenvalue weighted by Gasteiger charge is 2.09. The fourth-order valence-corrected chi connectivity index (χ4v) is 3.58. The summed E-state index contributed by atoms with van der Waals surface area (Å²) in [4.78, 5) is 0. The Labute approximate surface area is 62.6 Å². The first-order chi connectivity index (χ1) is 3.81. The molecule has 0 aliphatic heterocycles. The van der Waals surface area contributed by atoms with E-state index in [-0.39, 0.29) is 0 Å². The number of halogens is 1. The Morgan fingerprint density at radius 3 is 1.75 bits per heavy atom. The molecule has 0 aromatic heterocycles. The van der Waals surface area contributed by atoms with Crippen LogP contribution in [0.25, 0.3) is 0 Å². The van der Waals surface area contributed by atoms with Gasteiger partial charge in [-0.25, -0.2) is 0 Å². The summed E-state index contributed by atoms with van der Waals surface area (Å²) in [5, 5.41) is 0. The predicted molar refractivity (Wildman–Crippen MR) is 46.6 cm³/mol. The fraction of sp³-hybridized carbons (Fsp3) is 1.00. The summed E-state index contributed by atoms with van der Waals surface area (Å²) >= 11 is 3.63. The highest BCUT2D eigenvalue weighted by molar-refractivity contribution is 9.48. The number of rotatable bonds is 4. The maximum Gasteiger partial charge on any atom is 0.232 e. The Morgan fingerprint density at radius 1 is 1.12 bits per heavy atom. The molecular weight excluding hydrogens is 184 g/mol. The Hall–Kier alpha value is 0.830. The molecule has 0 aliphatic rings. The number of hydrogen-bond donors (Lipinski definition) is 0. The van der Waals surface area contributed by atoms with Crippen LogP contribution in [0.3, 0.4) is 0 Å². The lowest BCUT2D eigenvalue weighted by Crippen LogP contribution is -2.01. The summed E-state index contributed by atoms with van der Waals surface area (Å²) in [5.74, 6) is 2.71. The minimum Gasteiger partial charge on any atom is -0.0609 e. The van der Waals surface area contributed by atoms with Crippen molar-refractivity contribution in [1.82, 2.24) is 0 Å². The first-order valence-corrected chi connectivity index (χ1v) is 6.55. The summed E-state index contributed by atoms with van der Waals surface area (Å²) in [7, 11) is 0.542. The van der Waals surface area contributed by atoms with E-state index in [1.165, 1.54) is 24.3 Å². The van der Waals surface area contributed by atoms with Crippen molar-refractivity contribution < 1.29 is 0 Å². The van der Waals surface area contributed by atoms with Crippen LogP contribution in [0.1, 0.15) is 26.7 Å². The largest absolute Gasteiger partial charge is 0.232 e. The summed E-state index contributed by atoms with van der Waals surface area (Å²) in [5.41, 5.74) is 0. The standard InChI is InChI=1S/C6H14BrS/c1-3-5-8(7)6-4-2/h3-6H2,1-2H3/q+1. The monoisotopic (exact) mass is 197 g/mol. The molecule has 0 bridgehead atoms. The van der Waals surface area contributed by atoms with Crippen molar-refractivity contribution in [3.8, 4) is 0 Å². The summed E-state index contributed by atoms with van der Waals surface area (Å²) in [6, 6.07) is 0. The third-order valence-electron chi connectivity index (χ3n) is 0.851. The highest BCUT2D eigenvalue weighted by Crippen LogP contribution is 2.08. The lowest BCUT2D eigenvalue weighted by molar-refractivity contribution is 1.07. The molecule has 8 heavy (non-hydrogen) atoms. The van der Waals surface area contributed by atoms with Gasteiger partial charge in [-0.05, 0) is 12.8 Å². The summed E-state index contributed by atoms with van der Waals surface area (Å²) in [6.45, 7) is 4.47. The summed E-state index contributed by atoms with van der Waals surface area (Å²) < 4.78 is 0. The highest BCUT2D eigenvalue weighted by atomic mass is 79.9. The van der Waals surface area contributed by atoms with Gasteiger partial charge in [0.1, 0.15) is 11.5 Å². The van der Waals surface area contributed by atoms with E-state index in [0.29, 0.717) is 9.33 Å². The average Bonchev–Trinajstić information content (AvgIpc) is 1.68. The lowest BCUT2D eigenvalue weighted by Gasteiger charge is -1.92. The lowest BCUT2D eigenvalue weighted by atomic mass is 10.6. The quantitative estimate of drug-likeness (QED) is 0.609. The molecule has 50 valence electrons. The third-order valence-corrected chi connectivity index (χ3v) is 4.50. The zero-order valence-electron chi connectivity index (χ0n) is 5.61. The van der Waals surface area contributed by atoms with Gasteiger partial charge in [0.2, 0.25) is 14.8 Å². The normalized spacial score (nSPS) is 10.5. The van der Waals surface area contributed by atoms with Gasteiger partial charge in [-0.15, -0.1) is 0 Å². The molecular formula is C6H14BrS+. The molecule has 0 spiro atoms. The molecule has 0 saturated carbocycles. The molecule has 0 heterocycles. The number of hydrogen-bond acceptors (Lipinski definition) is 0. The van der Waals surface area contributed by atoms with Crippen LogP contribution >= 0.6 is 14.8 Å². The summed E-state index contributed by atoms with van der Waals surface area (Å²) in [6.07, 6.45) is 2.63. The van der Waals surface area contributed by atoms with Crippen LogP contribution in [-0.4, -0.2) is 11.5 Å². The van der Waals surface area contributed by atoms with Crippen molar-refractivity contribution in [3.63, 3.8) is 0 Å². The molecule has 0 amide bonds. The molecule has 0 aromatic rings. The molecule has 0 fully saturated rings. The van der Waals surface area contributed by atoms with Gasteiger partial charge in [0, 0.05) is 0 Å². The van der Waals surface area contributed by atoms with Crippen molar-refractivity contribution in [2.24, 2.45) is 0 Å². The van der Waals surface area contributed by atoms with Crippen molar-refractivity contribution >= 4 is 24.1 Å². The molecule has 0 radical (unpaired) electrons. The molecule has 0 rings (SSSR count). The Bertz CT molecular complexity index is 41.8. The van der Waals surface area contributed by atoms with Crippen LogP contribution in [0.15, 0.2) is 0 Å². The van der Waals surface area contributed by atoms with E-state index in [4.69, 9.17) is 0 Å². The van der Waals surface area contributed by atoms with Crippen LogP contribution < -0.4 is 0 Å². The molecule has 0 N–H and O–H groups in total. The molecule has 0 nitrogen and oxygen atoms in total. The maximum atomic E-state index is 3.63. The van der Waals surface area contributed by atoms with Crippen molar-refractivity contribution in [2.45, 2.75) is 26.7 Å². The van der Waals surface area contributed by atoms with Crippen molar-refractivity contribution in [2.75, 3.05) is 11.5 Å². The SMILES string of the molecule is CCC[S+](Br)CCC. The molecule has 0 saturated heterocycles. The molecule has 0 aromatic carbocycles. The zero-order chi connectivity index (χ0) is 6.41. The smallest absolute Gasteiger partial charge is 0.0609 e. The van der Waals surface area contributed by atoms with Gasteiger partial charge in [-0.2, -0.15) is 0 Å². The maximum absolute atomic E-state index is 3.63. The zero-order valence-corrected chi connectivity index (χ0v) is 8.02. The van der Waals surface area contributed by atoms with E-state index < -0.39 is 0 Å². The van der Waals surface area contributed by atoms with Crippen LogP contribution in [0, 0.1) is 0 Å². The van der Waals surface area contributed by atoms with E-state index in [1.54, 1.807) is 0 Å². The predicted octanol–water partition coefficient (Wildman–Crippen LogP) is 2.73. The van der Waals surface area contributed by atoms with Crippen molar-refractivity contribution in [1.29, 1.82) is 0 Å². The van der Waals surface area contributed by atoms with Crippen LogP contribution in [-0.2, 0) is 9.33 Å². The fourth-order valence-electron chi connectivity index (χ4n) is 0.545. The van der Waals surface area contributed by atoms with Crippen LogP contribution in [0.5, 0.6) is 0 Å². The second kappa shape index (κ2) is 5.96. The average molecular weight is 198 g/mol. The minimum absolute atomic E-state index is 0.542. The van der Waals surface area contributed by atoms with Gasteiger partial charge in [0.25, 0.3) is 0 Å². The molecule has 0 aliphatic carbocycles. The van der Waals surface area contributed by atoms with Gasteiger partial charge in [-0.1, -0.05) is 13.8 Å². The first kappa shape index (κ1) is 8.83. The van der Waals surface area contributed by atoms with Gasteiger partial charge in [-0.3, -0.25) is 0 Å². The Balaban J connectivity index is 2.92. The Kier molecular flexibility index (Phi) is 6.58. The molecule has 0 unspecified atom stereocenters. The first-order valence-electron chi connectivity index (χ1n) is 3.15. The van der Waals surface area contributed by atoms with Gasteiger partial charge >= 0.3 is 0 Å². The van der Waals surface area contributed by atoms with E-state index in [1.807, 2.05) is 0 Å². The van der Waals surface area contributed by atoms with E-state index in [9.17, 15) is 0 Å².